The second kappa shape index (κ2) is 6.42. The van der Waals surface area contributed by atoms with Crippen LogP contribution in [0.3, 0.4) is 0 Å². The molecule has 0 N–H and O–H groups in total. The summed E-state index contributed by atoms with van der Waals surface area (Å²) >= 11 is 0. The highest BCUT2D eigenvalue weighted by molar-refractivity contribution is 5.68. The lowest BCUT2D eigenvalue weighted by molar-refractivity contribution is -0.140. The van der Waals surface area contributed by atoms with Crippen LogP contribution in [0.15, 0.2) is 0 Å². The number of methoxy groups -OCH3 is 1. The Morgan fingerprint density at radius 1 is 0.941 bits per heavy atom. The molecule has 0 spiro atoms. The minimum absolute atomic E-state index is 0.0701. The van der Waals surface area contributed by atoms with Crippen LogP contribution in [0.2, 0.25) is 0 Å². The Bertz CT molecular complexity index is 235. The van der Waals surface area contributed by atoms with Crippen LogP contribution < -0.4 is 0 Å². The van der Waals surface area contributed by atoms with Gasteiger partial charge in [0.15, 0.2) is 0 Å². The number of esters is 1. The summed E-state index contributed by atoms with van der Waals surface area (Å²) < 4.78 is 4.66. The number of carbonyl (C=O) groups excluding carboxylic acids is 1. The third kappa shape index (κ3) is 3.46. The normalized spacial score (nSPS) is 37.1. The van der Waals surface area contributed by atoms with Crippen LogP contribution in [0.4, 0.5) is 0 Å². The van der Waals surface area contributed by atoms with Crippen molar-refractivity contribution in [3.8, 4) is 0 Å². The summed E-state index contributed by atoms with van der Waals surface area (Å²) in [4.78, 5) is 11.0. The first-order chi connectivity index (χ1) is 7.99. The van der Waals surface area contributed by atoms with Crippen molar-refractivity contribution in [1.82, 2.24) is 0 Å². The minimum atomic E-state index is -0.0701. The highest BCUT2D eigenvalue weighted by Crippen LogP contribution is 2.47. The van der Waals surface area contributed by atoms with Crippen LogP contribution in [0, 0.1) is 29.6 Å². The minimum Gasteiger partial charge on any atom is -0.469 e. The summed E-state index contributed by atoms with van der Waals surface area (Å²) in [7, 11) is 1.47. The van der Waals surface area contributed by atoms with E-state index in [9.17, 15) is 4.79 Å². The number of hydrogen-bond donors (Lipinski definition) is 0. The first-order valence-corrected chi connectivity index (χ1v) is 7.05. The van der Waals surface area contributed by atoms with Gasteiger partial charge in [-0.2, -0.15) is 0 Å². The molecule has 1 saturated carbocycles. The van der Waals surface area contributed by atoms with E-state index in [2.05, 4.69) is 32.4 Å². The van der Waals surface area contributed by atoms with Gasteiger partial charge in [0.05, 0.1) is 7.11 Å². The summed E-state index contributed by atoms with van der Waals surface area (Å²) in [5, 5.41) is 0. The number of hydrogen-bond acceptors (Lipinski definition) is 2. The van der Waals surface area contributed by atoms with Gasteiger partial charge < -0.3 is 4.74 Å². The van der Waals surface area contributed by atoms with Crippen LogP contribution >= 0.6 is 0 Å². The lowest BCUT2D eigenvalue weighted by atomic mass is 9.85. The van der Waals surface area contributed by atoms with Crippen LogP contribution in [-0.2, 0) is 9.53 Å². The molecule has 1 aliphatic carbocycles. The van der Waals surface area contributed by atoms with Crippen molar-refractivity contribution in [2.45, 2.75) is 53.4 Å². The van der Waals surface area contributed by atoms with Crippen molar-refractivity contribution in [2.75, 3.05) is 7.11 Å². The molecule has 0 aromatic rings. The highest BCUT2D eigenvalue weighted by Gasteiger charge is 2.40. The van der Waals surface area contributed by atoms with Crippen molar-refractivity contribution in [3.05, 3.63) is 0 Å². The van der Waals surface area contributed by atoms with E-state index < -0.39 is 0 Å². The Morgan fingerprint density at radius 3 is 1.94 bits per heavy atom. The zero-order valence-electron chi connectivity index (χ0n) is 12.0. The average Bonchev–Trinajstić information content (AvgIpc) is 2.50. The Morgan fingerprint density at radius 2 is 1.47 bits per heavy atom. The summed E-state index contributed by atoms with van der Waals surface area (Å²) in [6, 6.07) is 0. The van der Waals surface area contributed by atoms with Gasteiger partial charge in [0, 0.05) is 6.42 Å². The van der Waals surface area contributed by atoms with Crippen molar-refractivity contribution in [2.24, 2.45) is 29.6 Å². The van der Waals surface area contributed by atoms with Crippen molar-refractivity contribution in [3.63, 3.8) is 0 Å². The molecule has 0 aromatic carbocycles. The van der Waals surface area contributed by atoms with Crippen LogP contribution in [-0.4, -0.2) is 13.1 Å². The van der Waals surface area contributed by atoms with Crippen LogP contribution in [0.1, 0.15) is 53.4 Å². The van der Waals surface area contributed by atoms with Gasteiger partial charge in [-0.25, -0.2) is 0 Å². The Kier molecular flexibility index (Phi) is 5.48. The lowest BCUT2D eigenvalue weighted by Gasteiger charge is -2.21. The molecule has 0 radical (unpaired) electrons. The number of rotatable bonds is 5. The first kappa shape index (κ1) is 14.5. The fourth-order valence-electron chi connectivity index (χ4n) is 3.49. The molecule has 1 fully saturated rings. The summed E-state index contributed by atoms with van der Waals surface area (Å²) in [5.41, 5.74) is 0. The van der Waals surface area contributed by atoms with E-state index in [1.54, 1.807) is 0 Å². The molecule has 4 unspecified atom stereocenters. The van der Waals surface area contributed by atoms with E-state index in [0.717, 1.165) is 42.4 Å². The number of carbonyl (C=O) groups is 1. The Balaban J connectivity index is 2.30. The van der Waals surface area contributed by atoms with Gasteiger partial charge in [0.2, 0.25) is 0 Å². The van der Waals surface area contributed by atoms with E-state index in [-0.39, 0.29) is 5.97 Å². The molecule has 0 heterocycles. The summed E-state index contributed by atoms with van der Waals surface area (Å²) in [6.45, 7) is 9.58. The Hall–Kier alpha value is -0.530. The van der Waals surface area contributed by atoms with Gasteiger partial charge in [-0.15, -0.1) is 0 Å². The van der Waals surface area contributed by atoms with Gasteiger partial charge in [-0.05, 0) is 42.4 Å². The fourth-order valence-corrected chi connectivity index (χ4v) is 3.49. The fraction of sp³-hybridized carbons (Fsp3) is 0.933. The van der Waals surface area contributed by atoms with Gasteiger partial charge in [-0.1, -0.05) is 34.1 Å². The van der Waals surface area contributed by atoms with Gasteiger partial charge in [-0.3, -0.25) is 4.79 Å². The molecule has 0 amide bonds. The quantitative estimate of drug-likeness (QED) is 0.538. The molecule has 0 bridgehead atoms. The summed E-state index contributed by atoms with van der Waals surface area (Å²) in [5.74, 6) is 4.12. The van der Waals surface area contributed by atoms with E-state index in [1.165, 1.54) is 13.5 Å². The molecule has 0 saturated heterocycles. The van der Waals surface area contributed by atoms with E-state index in [0.29, 0.717) is 6.42 Å². The van der Waals surface area contributed by atoms with Gasteiger partial charge in [0.1, 0.15) is 0 Å². The van der Waals surface area contributed by atoms with Crippen LogP contribution in [0.5, 0.6) is 0 Å². The second-order valence-electron chi connectivity index (χ2n) is 5.92. The van der Waals surface area contributed by atoms with Crippen molar-refractivity contribution < 1.29 is 9.53 Å². The zero-order valence-corrected chi connectivity index (χ0v) is 12.0. The molecule has 100 valence electrons. The highest BCUT2D eigenvalue weighted by atomic mass is 16.5. The molecule has 0 aromatic heterocycles. The largest absolute Gasteiger partial charge is 0.469 e. The smallest absolute Gasteiger partial charge is 0.305 e. The third-order valence-electron chi connectivity index (χ3n) is 5.23. The molecule has 1 aliphatic rings. The predicted molar refractivity (Wildman–Crippen MR) is 70.6 cm³/mol. The maximum absolute atomic E-state index is 11.0. The molecular formula is C15H28O2. The third-order valence-corrected chi connectivity index (χ3v) is 5.23. The number of unbranched alkanes of at least 4 members (excludes halogenated alkanes) is 1. The molecule has 0 aliphatic heterocycles. The average molecular weight is 240 g/mol. The monoisotopic (exact) mass is 240 g/mol. The van der Waals surface area contributed by atoms with Gasteiger partial charge >= 0.3 is 5.97 Å². The van der Waals surface area contributed by atoms with Crippen LogP contribution in [0.25, 0.3) is 0 Å². The van der Waals surface area contributed by atoms with E-state index >= 15 is 0 Å². The molecule has 5 atom stereocenters. The topological polar surface area (TPSA) is 26.3 Å². The predicted octanol–water partition coefficient (Wildman–Crippen LogP) is 3.89. The molecule has 17 heavy (non-hydrogen) atoms. The molecule has 2 nitrogen and oxygen atoms in total. The molecule has 2 heteroatoms. The standard InChI is InChI=1S/C15H28O2/c1-10-11(2)13(4)14(12(10)3)8-6-7-9-15(16)17-5/h10-14H,6-9H2,1-5H3/t10-,11?,12?,13?,14?/m0/s1. The molecular weight excluding hydrogens is 212 g/mol. The maximum atomic E-state index is 11.0. The summed E-state index contributed by atoms with van der Waals surface area (Å²) in [6.07, 6.45) is 3.99. The molecule has 1 rings (SSSR count). The van der Waals surface area contributed by atoms with E-state index in [4.69, 9.17) is 0 Å². The second-order valence-corrected chi connectivity index (χ2v) is 5.92. The van der Waals surface area contributed by atoms with Crippen molar-refractivity contribution in [1.29, 1.82) is 0 Å². The van der Waals surface area contributed by atoms with Crippen molar-refractivity contribution >= 4 is 5.97 Å². The first-order valence-electron chi connectivity index (χ1n) is 7.05. The number of ether oxygens (including phenoxy) is 1. The SMILES string of the molecule is COC(=O)CCCCC1C(C)C(C)[C@H](C)C1C. The maximum Gasteiger partial charge on any atom is 0.305 e. The zero-order chi connectivity index (χ0) is 13.0. The van der Waals surface area contributed by atoms with E-state index in [1.807, 2.05) is 0 Å². The van der Waals surface area contributed by atoms with Gasteiger partial charge in [0.25, 0.3) is 0 Å². The lowest BCUT2D eigenvalue weighted by Crippen LogP contribution is -2.13. The Labute approximate surface area is 106 Å².